The highest BCUT2D eigenvalue weighted by Gasteiger charge is 2.12. The first kappa shape index (κ1) is 9.82. The molecule has 0 aliphatic carbocycles. The lowest BCUT2D eigenvalue weighted by Crippen LogP contribution is -2.21. The van der Waals surface area contributed by atoms with Crippen molar-refractivity contribution in [1.29, 1.82) is 0 Å². The summed E-state index contributed by atoms with van der Waals surface area (Å²) >= 11 is 0. The maximum Gasteiger partial charge on any atom is 0.129 e. The standard InChI is InChI=1S/C10H18OSi/c1-12(2,3)9-7-10-6-4-5-8-11-10/h10H,4-6,8H2,1-3H3. The molecular formula is C10H18OSi. The Labute approximate surface area is 76.5 Å². The van der Waals surface area contributed by atoms with Crippen molar-refractivity contribution in [2.75, 3.05) is 6.61 Å². The van der Waals surface area contributed by atoms with Gasteiger partial charge in [-0.05, 0) is 19.3 Å². The maximum absolute atomic E-state index is 5.52. The van der Waals surface area contributed by atoms with E-state index in [-0.39, 0.29) is 6.10 Å². The molecule has 1 saturated heterocycles. The van der Waals surface area contributed by atoms with Gasteiger partial charge in [0.2, 0.25) is 0 Å². The van der Waals surface area contributed by atoms with Crippen molar-refractivity contribution in [2.24, 2.45) is 0 Å². The average molecular weight is 182 g/mol. The van der Waals surface area contributed by atoms with Crippen LogP contribution in [-0.2, 0) is 4.74 Å². The van der Waals surface area contributed by atoms with Gasteiger partial charge in [0.05, 0.1) is 0 Å². The summed E-state index contributed by atoms with van der Waals surface area (Å²) in [4.78, 5) is 0. The van der Waals surface area contributed by atoms with Crippen LogP contribution in [0.25, 0.3) is 0 Å². The van der Waals surface area contributed by atoms with Gasteiger partial charge in [0.15, 0.2) is 0 Å². The Balaban J connectivity index is 2.41. The van der Waals surface area contributed by atoms with Crippen molar-refractivity contribution in [3.8, 4) is 11.5 Å². The summed E-state index contributed by atoms with van der Waals surface area (Å²) in [7, 11) is -1.18. The summed E-state index contributed by atoms with van der Waals surface area (Å²) < 4.78 is 5.52. The van der Waals surface area contributed by atoms with Gasteiger partial charge in [0.25, 0.3) is 0 Å². The van der Waals surface area contributed by atoms with E-state index in [2.05, 4.69) is 31.1 Å². The van der Waals surface area contributed by atoms with Gasteiger partial charge in [0.1, 0.15) is 14.2 Å². The van der Waals surface area contributed by atoms with Gasteiger partial charge >= 0.3 is 0 Å². The molecule has 1 unspecified atom stereocenters. The van der Waals surface area contributed by atoms with E-state index in [1.165, 1.54) is 12.8 Å². The molecule has 1 rings (SSSR count). The molecule has 1 aliphatic rings. The van der Waals surface area contributed by atoms with E-state index < -0.39 is 8.07 Å². The normalized spacial score (nSPS) is 24.4. The van der Waals surface area contributed by atoms with Crippen LogP contribution >= 0.6 is 0 Å². The molecule has 0 aromatic rings. The maximum atomic E-state index is 5.52. The molecule has 2 heteroatoms. The second kappa shape index (κ2) is 4.11. The fourth-order valence-corrected chi connectivity index (χ4v) is 1.75. The summed E-state index contributed by atoms with van der Waals surface area (Å²) in [6.07, 6.45) is 3.87. The molecule has 1 nitrogen and oxygen atoms in total. The van der Waals surface area contributed by atoms with Crippen molar-refractivity contribution >= 4 is 8.07 Å². The van der Waals surface area contributed by atoms with E-state index >= 15 is 0 Å². The second-order valence-electron chi connectivity index (χ2n) is 4.37. The molecule has 68 valence electrons. The van der Waals surface area contributed by atoms with Gasteiger partial charge in [-0.2, -0.15) is 0 Å². The number of rotatable bonds is 0. The van der Waals surface area contributed by atoms with E-state index in [1.807, 2.05) is 0 Å². The molecule has 0 radical (unpaired) electrons. The fraction of sp³-hybridized carbons (Fsp3) is 0.800. The zero-order valence-corrected chi connectivity index (χ0v) is 9.31. The molecule has 0 saturated carbocycles. The lowest BCUT2D eigenvalue weighted by atomic mass is 10.1. The highest BCUT2D eigenvalue weighted by atomic mass is 28.3. The summed E-state index contributed by atoms with van der Waals surface area (Å²) in [6, 6.07) is 0. The van der Waals surface area contributed by atoms with E-state index in [0.29, 0.717) is 0 Å². The molecular weight excluding hydrogens is 164 g/mol. The summed E-state index contributed by atoms with van der Waals surface area (Å²) in [5.74, 6) is 3.25. The van der Waals surface area contributed by atoms with Crippen LogP contribution in [-0.4, -0.2) is 20.8 Å². The Morgan fingerprint density at radius 2 is 2.00 bits per heavy atom. The fourth-order valence-electron chi connectivity index (χ4n) is 1.15. The first-order valence-electron chi connectivity index (χ1n) is 4.72. The average Bonchev–Trinajstić information content (AvgIpc) is 2.02. The van der Waals surface area contributed by atoms with Gasteiger partial charge in [-0.3, -0.25) is 0 Å². The summed E-state index contributed by atoms with van der Waals surface area (Å²) in [5.41, 5.74) is 3.36. The monoisotopic (exact) mass is 182 g/mol. The Morgan fingerprint density at radius 3 is 2.50 bits per heavy atom. The summed E-state index contributed by atoms with van der Waals surface area (Å²) in [5, 5.41) is 0. The molecule has 0 amide bonds. The third kappa shape index (κ3) is 3.94. The quantitative estimate of drug-likeness (QED) is 0.413. The van der Waals surface area contributed by atoms with Crippen LogP contribution in [0.4, 0.5) is 0 Å². The van der Waals surface area contributed by atoms with Crippen LogP contribution in [0.15, 0.2) is 0 Å². The van der Waals surface area contributed by atoms with E-state index in [9.17, 15) is 0 Å². The molecule has 0 N–H and O–H groups in total. The third-order valence-electron chi connectivity index (χ3n) is 1.79. The van der Waals surface area contributed by atoms with Gasteiger partial charge in [-0.1, -0.05) is 25.6 Å². The van der Waals surface area contributed by atoms with Crippen molar-refractivity contribution in [2.45, 2.75) is 45.0 Å². The van der Waals surface area contributed by atoms with Crippen LogP contribution in [0.1, 0.15) is 19.3 Å². The molecule has 0 aromatic carbocycles. The SMILES string of the molecule is C[Si](C)(C)C#CC1CCCCO1. The zero-order chi connectivity index (χ0) is 9.03. The van der Waals surface area contributed by atoms with Crippen LogP contribution in [0.5, 0.6) is 0 Å². The molecule has 1 fully saturated rings. The van der Waals surface area contributed by atoms with E-state index in [0.717, 1.165) is 13.0 Å². The van der Waals surface area contributed by atoms with Crippen LogP contribution in [0.3, 0.4) is 0 Å². The first-order chi connectivity index (χ1) is 5.58. The predicted octanol–water partition coefficient (Wildman–Crippen LogP) is 2.44. The predicted molar refractivity (Wildman–Crippen MR) is 54.7 cm³/mol. The highest BCUT2D eigenvalue weighted by Crippen LogP contribution is 2.11. The van der Waals surface area contributed by atoms with Gasteiger partial charge in [-0.15, -0.1) is 5.54 Å². The highest BCUT2D eigenvalue weighted by molar-refractivity contribution is 6.83. The minimum absolute atomic E-state index is 0.241. The van der Waals surface area contributed by atoms with Crippen molar-refractivity contribution in [3.05, 3.63) is 0 Å². The van der Waals surface area contributed by atoms with Gasteiger partial charge in [0, 0.05) is 6.61 Å². The minimum atomic E-state index is -1.18. The molecule has 1 heterocycles. The molecule has 1 atom stereocenters. The minimum Gasteiger partial charge on any atom is -0.366 e. The van der Waals surface area contributed by atoms with Crippen LogP contribution in [0.2, 0.25) is 19.6 Å². The molecule has 0 spiro atoms. The zero-order valence-electron chi connectivity index (χ0n) is 8.31. The van der Waals surface area contributed by atoms with E-state index in [4.69, 9.17) is 4.74 Å². The third-order valence-corrected chi connectivity index (χ3v) is 2.68. The van der Waals surface area contributed by atoms with Crippen molar-refractivity contribution in [1.82, 2.24) is 0 Å². The largest absolute Gasteiger partial charge is 0.366 e. The molecule has 0 aromatic heterocycles. The van der Waals surface area contributed by atoms with E-state index in [1.54, 1.807) is 0 Å². The second-order valence-corrected chi connectivity index (χ2v) is 9.12. The number of hydrogen-bond acceptors (Lipinski definition) is 1. The lowest BCUT2D eigenvalue weighted by Gasteiger charge is -2.17. The number of ether oxygens (including phenoxy) is 1. The Morgan fingerprint density at radius 1 is 1.25 bits per heavy atom. The number of hydrogen-bond donors (Lipinski definition) is 0. The lowest BCUT2D eigenvalue weighted by molar-refractivity contribution is 0.0526. The topological polar surface area (TPSA) is 9.23 Å². The molecule has 0 bridgehead atoms. The van der Waals surface area contributed by atoms with Crippen LogP contribution < -0.4 is 0 Å². The summed E-state index contributed by atoms with van der Waals surface area (Å²) in [6.45, 7) is 7.71. The smallest absolute Gasteiger partial charge is 0.129 e. The Kier molecular flexibility index (Phi) is 3.36. The molecule has 12 heavy (non-hydrogen) atoms. The Bertz CT molecular complexity index is 188. The van der Waals surface area contributed by atoms with Crippen LogP contribution in [0, 0.1) is 11.5 Å². The molecule has 1 aliphatic heterocycles. The van der Waals surface area contributed by atoms with Gasteiger partial charge in [-0.25, -0.2) is 0 Å². The van der Waals surface area contributed by atoms with Gasteiger partial charge < -0.3 is 4.74 Å². The first-order valence-corrected chi connectivity index (χ1v) is 8.22. The van der Waals surface area contributed by atoms with Crippen molar-refractivity contribution < 1.29 is 4.74 Å². The van der Waals surface area contributed by atoms with Crippen molar-refractivity contribution in [3.63, 3.8) is 0 Å². The Hall–Kier alpha value is -0.263.